The van der Waals surface area contributed by atoms with E-state index in [0.717, 1.165) is 5.56 Å². The zero-order valence-corrected chi connectivity index (χ0v) is 15.1. The summed E-state index contributed by atoms with van der Waals surface area (Å²) in [6.45, 7) is 0.158. The lowest BCUT2D eigenvalue weighted by atomic mass is 9.77. The number of alkyl halides is 3. The SMILES string of the molecule is O=C(NC1CCC2(CCOC[C@H](C(F)(F)F)N2)CC1)OCc1ccccc1. The summed E-state index contributed by atoms with van der Waals surface area (Å²) in [7, 11) is 0. The third-order valence-corrected chi connectivity index (χ3v) is 5.36. The van der Waals surface area contributed by atoms with Gasteiger partial charge in [-0.15, -0.1) is 0 Å². The van der Waals surface area contributed by atoms with Crippen molar-refractivity contribution >= 4 is 6.09 Å². The molecule has 5 nitrogen and oxygen atoms in total. The highest BCUT2D eigenvalue weighted by molar-refractivity contribution is 5.67. The van der Waals surface area contributed by atoms with E-state index < -0.39 is 23.9 Å². The number of alkyl carbamates (subject to hydrolysis) is 1. The normalized spacial score (nSPS) is 29.1. The Hall–Kier alpha value is -1.80. The first-order chi connectivity index (χ1) is 12.9. The number of hydrogen-bond donors (Lipinski definition) is 2. The van der Waals surface area contributed by atoms with Gasteiger partial charge in [-0.2, -0.15) is 13.2 Å². The van der Waals surface area contributed by atoms with Crippen molar-refractivity contribution in [2.24, 2.45) is 0 Å². The lowest BCUT2D eigenvalue weighted by Crippen LogP contribution is -2.58. The maximum atomic E-state index is 13.1. The van der Waals surface area contributed by atoms with Crippen molar-refractivity contribution in [1.29, 1.82) is 0 Å². The fourth-order valence-corrected chi connectivity index (χ4v) is 3.77. The van der Waals surface area contributed by atoms with Gasteiger partial charge < -0.3 is 14.8 Å². The van der Waals surface area contributed by atoms with Gasteiger partial charge in [-0.05, 0) is 37.7 Å². The Bertz CT molecular complexity index is 616. The average Bonchev–Trinajstić information content (AvgIpc) is 2.86. The molecule has 1 aromatic rings. The Morgan fingerprint density at radius 3 is 2.59 bits per heavy atom. The molecule has 3 rings (SSSR count). The number of ether oxygens (including phenoxy) is 2. The van der Waals surface area contributed by atoms with E-state index in [1.807, 2.05) is 30.3 Å². The van der Waals surface area contributed by atoms with E-state index in [4.69, 9.17) is 9.47 Å². The van der Waals surface area contributed by atoms with E-state index >= 15 is 0 Å². The van der Waals surface area contributed by atoms with Crippen LogP contribution in [0.25, 0.3) is 0 Å². The molecule has 1 aromatic carbocycles. The Kier molecular flexibility index (Phi) is 6.26. The minimum absolute atomic E-state index is 0.0887. The molecule has 1 atom stereocenters. The molecule has 2 aliphatic rings. The van der Waals surface area contributed by atoms with Crippen molar-refractivity contribution in [2.75, 3.05) is 13.2 Å². The molecule has 2 N–H and O–H groups in total. The molecule has 1 aliphatic carbocycles. The van der Waals surface area contributed by atoms with E-state index in [1.54, 1.807) is 0 Å². The number of carbonyl (C=O) groups is 1. The van der Waals surface area contributed by atoms with Crippen LogP contribution in [-0.2, 0) is 16.1 Å². The Morgan fingerprint density at radius 1 is 1.22 bits per heavy atom. The molecular weight excluding hydrogens is 361 g/mol. The third kappa shape index (κ3) is 5.59. The molecule has 1 amide bonds. The Labute approximate surface area is 156 Å². The van der Waals surface area contributed by atoms with Gasteiger partial charge in [0.05, 0.1) is 6.61 Å². The number of amides is 1. The molecule has 0 aromatic heterocycles. The molecule has 0 bridgehead atoms. The third-order valence-electron chi connectivity index (χ3n) is 5.36. The first kappa shape index (κ1) is 19.9. The van der Waals surface area contributed by atoms with Crippen LogP contribution in [0.2, 0.25) is 0 Å². The second-order valence-corrected chi connectivity index (χ2v) is 7.32. The molecule has 2 fully saturated rings. The lowest BCUT2D eigenvalue weighted by Gasteiger charge is -2.42. The fraction of sp³-hybridized carbons (Fsp3) is 0.632. The van der Waals surface area contributed by atoms with E-state index in [1.165, 1.54) is 0 Å². The Morgan fingerprint density at radius 2 is 1.93 bits per heavy atom. The van der Waals surface area contributed by atoms with Gasteiger partial charge >= 0.3 is 12.3 Å². The average molecular weight is 386 g/mol. The summed E-state index contributed by atoms with van der Waals surface area (Å²) < 4.78 is 49.7. The van der Waals surface area contributed by atoms with Gasteiger partial charge in [0.2, 0.25) is 0 Å². The number of nitrogens with one attached hydrogen (secondary N) is 2. The topological polar surface area (TPSA) is 59.6 Å². The quantitative estimate of drug-likeness (QED) is 0.834. The second-order valence-electron chi connectivity index (χ2n) is 7.32. The molecule has 1 saturated carbocycles. The van der Waals surface area contributed by atoms with Crippen LogP contribution in [0, 0.1) is 0 Å². The molecule has 0 radical (unpaired) electrons. The maximum absolute atomic E-state index is 13.1. The van der Waals surface area contributed by atoms with Crippen LogP contribution in [0.3, 0.4) is 0 Å². The number of halogens is 3. The standard InChI is InChI=1S/C19H25F3N2O3/c20-19(21,22)16-13-26-11-10-18(24-16)8-6-15(7-9-18)23-17(25)27-12-14-4-2-1-3-5-14/h1-5,15-16,24H,6-13H2,(H,23,25)/t15?,16-,18?/m1/s1. The van der Waals surface area contributed by atoms with Crippen molar-refractivity contribution < 1.29 is 27.4 Å². The highest BCUT2D eigenvalue weighted by Crippen LogP contribution is 2.35. The predicted octanol–water partition coefficient (Wildman–Crippen LogP) is 3.54. The predicted molar refractivity (Wildman–Crippen MR) is 93.2 cm³/mol. The van der Waals surface area contributed by atoms with E-state index in [9.17, 15) is 18.0 Å². The monoisotopic (exact) mass is 386 g/mol. The van der Waals surface area contributed by atoms with Crippen molar-refractivity contribution in [3.63, 3.8) is 0 Å². The summed E-state index contributed by atoms with van der Waals surface area (Å²) in [5, 5.41) is 5.62. The van der Waals surface area contributed by atoms with Gasteiger partial charge in [-0.25, -0.2) is 4.79 Å². The van der Waals surface area contributed by atoms with Crippen molar-refractivity contribution in [3.8, 4) is 0 Å². The number of carbonyl (C=O) groups excluding carboxylic acids is 1. The zero-order chi connectivity index (χ0) is 19.3. The minimum Gasteiger partial charge on any atom is -0.445 e. The van der Waals surface area contributed by atoms with E-state index in [0.29, 0.717) is 38.7 Å². The van der Waals surface area contributed by atoms with Crippen LogP contribution < -0.4 is 10.6 Å². The van der Waals surface area contributed by atoms with Crippen molar-refractivity contribution in [3.05, 3.63) is 35.9 Å². The summed E-state index contributed by atoms with van der Waals surface area (Å²) in [6.07, 6.45) is -1.93. The molecule has 1 saturated heterocycles. The van der Waals surface area contributed by atoms with Crippen LogP contribution in [0.5, 0.6) is 0 Å². The van der Waals surface area contributed by atoms with Crippen LogP contribution in [-0.4, -0.2) is 43.1 Å². The fourth-order valence-electron chi connectivity index (χ4n) is 3.77. The van der Waals surface area contributed by atoms with Crippen molar-refractivity contribution in [1.82, 2.24) is 10.6 Å². The summed E-state index contributed by atoms with van der Waals surface area (Å²) in [6, 6.07) is 7.64. The number of hydrogen-bond acceptors (Lipinski definition) is 4. The minimum atomic E-state index is -4.33. The molecule has 0 unspecified atom stereocenters. The Balaban J connectivity index is 1.47. The van der Waals surface area contributed by atoms with E-state index in [-0.39, 0.29) is 19.3 Å². The van der Waals surface area contributed by atoms with Gasteiger partial charge in [-0.1, -0.05) is 30.3 Å². The first-order valence-corrected chi connectivity index (χ1v) is 9.26. The number of rotatable bonds is 3. The van der Waals surface area contributed by atoms with Crippen LogP contribution in [0.15, 0.2) is 30.3 Å². The van der Waals surface area contributed by atoms with Gasteiger partial charge in [0.1, 0.15) is 12.6 Å². The largest absolute Gasteiger partial charge is 0.445 e. The summed E-state index contributed by atoms with van der Waals surface area (Å²) in [4.78, 5) is 12.0. The van der Waals surface area contributed by atoms with Gasteiger partial charge in [0, 0.05) is 18.2 Å². The summed E-state index contributed by atoms with van der Waals surface area (Å²) in [5.74, 6) is 0. The lowest BCUT2D eigenvalue weighted by molar-refractivity contribution is -0.168. The zero-order valence-electron chi connectivity index (χ0n) is 15.1. The highest BCUT2D eigenvalue weighted by Gasteiger charge is 2.47. The molecule has 1 aliphatic heterocycles. The highest BCUT2D eigenvalue weighted by atomic mass is 19.4. The van der Waals surface area contributed by atoms with Gasteiger partial charge in [0.25, 0.3) is 0 Å². The molecule has 8 heteroatoms. The maximum Gasteiger partial charge on any atom is 0.407 e. The molecule has 1 spiro atoms. The molecule has 150 valence electrons. The molecular formula is C19H25F3N2O3. The van der Waals surface area contributed by atoms with Crippen LogP contribution in [0.4, 0.5) is 18.0 Å². The van der Waals surface area contributed by atoms with Gasteiger partial charge in [-0.3, -0.25) is 5.32 Å². The van der Waals surface area contributed by atoms with Crippen LogP contribution in [0.1, 0.15) is 37.7 Å². The molecule has 27 heavy (non-hydrogen) atoms. The number of benzene rings is 1. The summed E-state index contributed by atoms with van der Waals surface area (Å²) >= 11 is 0. The summed E-state index contributed by atoms with van der Waals surface area (Å²) in [5.41, 5.74) is 0.319. The van der Waals surface area contributed by atoms with E-state index in [2.05, 4.69) is 10.6 Å². The van der Waals surface area contributed by atoms with Gasteiger partial charge in [0.15, 0.2) is 0 Å². The first-order valence-electron chi connectivity index (χ1n) is 9.26. The van der Waals surface area contributed by atoms with Crippen LogP contribution >= 0.6 is 0 Å². The smallest absolute Gasteiger partial charge is 0.407 e. The molecule has 1 heterocycles. The second kappa shape index (κ2) is 8.48. The van der Waals surface area contributed by atoms with Crippen molar-refractivity contribution in [2.45, 2.75) is 62.5 Å².